The van der Waals surface area contributed by atoms with Crippen LogP contribution in [0.25, 0.3) is 0 Å². The molecule has 2 aromatic carbocycles. The van der Waals surface area contributed by atoms with Crippen LogP contribution in [0.4, 0.5) is 5.69 Å². The average Bonchev–Trinajstić information content (AvgIpc) is 3.26. The summed E-state index contributed by atoms with van der Waals surface area (Å²) < 4.78 is 7.57. The summed E-state index contributed by atoms with van der Waals surface area (Å²) in [6, 6.07) is 15.5. The number of carbonyl (C=O) groups is 2. The van der Waals surface area contributed by atoms with E-state index in [0.29, 0.717) is 11.4 Å². The van der Waals surface area contributed by atoms with Crippen molar-refractivity contribution in [1.29, 1.82) is 0 Å². The molecule has 3 atom stereocenters. The Morgan fingerprint density at radius 1 is 0.971 bits per heavy atom. The molecule has 3 unspecified atom stereocenters. The molecule has 0 radical (unpaired) electrons. The van der Waals surface area contributed by atoms with Crippen LogP contribution in [0, 0.1) is 11.8 Å². The summed E-state index contributed by atoms with van der Waals surface area (Å²) in [5, 5.41) is 2.64. The summed E-state index contributed by atoms with van der Waals surface area (Å²) in [5.74, 6) is -1.19. The number of benzene rings is 2. The SMILES string of the molecule is COc1ccc(N2C(=O)C3C=C(C)C(n4[nH]c(=O)n(Cc5ccccc5)c4=O)CC3C2=O)cc1. The third-order valence-electron chi connectivity index (χ3n) is 6.65. The maximum atomic E-state index is 13.3. The van der Waals surface area contributed by atoms with E-state index in [2.05, 4.69) is 5.10 Å². The van der Waals surface area contributed by atoms with Crippen molar-refractivity contribution in [2.45, 2.75) is 25.9 Å². The van der Waals surface area contributed by atoms with Gasteiger partial charge in [0.1, 0.15) is 5.75 Å². The van der Waals surface area contributed by atoms with Crippen molar-refractivity contribution in [2.75, 3.05) is 12.0 Å². The highest BCUT2D eigenvalue weighted by Crippen LogP contribution is 2.42. The molecule has 2 heterocycles. The van der Waals surface area contributed by atoms with E-state index in [9.17, 15) is 19.2 Å². The highest BCUT2D eigenvalue weighted by molar-refractivity contribution is 6.22. The van der Waals surface area contributed by atoms with Crippen molar-refractivity contribution >= 4 is 17.5 Å². The molecule has 1 N–H and O–H groups in total. The van der Waals surface area contributed by atoms with Gasteiger partial charge >= 0.3 is 11.4 Å². The minimum absolute atomic E-state index is 0.145. The van der Waals surface area contributed by atoms with E-state index in [4.69, 9.17) is 4.74 Å². The summed E-state index contributed by atoms with van der Waals surface area (Å²) >= 11 is 0. The number of allylic oxidation sites excluding steroid dienone is 1. The molecule has 9 nitrogen and oxygen atoms in total. The van der Waals surface area contributed by atoms with Crippen molar-refractivity contribution in [1.82, 2.24) is 14.3 Å². The smallest absolute Gasteiger partial charge is 0.347 e. The van der Waals surface area contributed by atoms with E-state index in [1.165, 1.54) is 9.58 Å². The molecule has 1 saturated heterocycles. The second-order valence-corrected chi connectivity index (χ2v) is 8.65. The number of H-pyrrole nitrogens is 1. The van der Waals surface area contributed by atoms with Crippen molar-refractivity contribution in [3.8, 4) is 5.75 Å². The Hall–Kier alpha value is -4.14. The molecule has 1 aromatic heterocycles. The van der Waals surface area contributed by atoms with E-state index in [0.717, 1.165) is 15.7 Å². The van der Waals surface area contributed by atoms with E-state index in [1.807, 2.05) is 37.3 Å². The highest BCUT2D eigenvalue weighted by Gasteiger charge is 2.50. The van der Waals surface area contributed by atoms with Crippen LogP contribution in [0.3, 0.4) is 0 Å². The first kappa shape index (κ1) is 21.7. The number of hydrogen-bond acceptors (Lipinski definition) is 5. The molecule has 1 aliphatic carbocycles. The molecule has 174 valence electrons. The molecule has 5 rings (SSSR count). The summed E-state index contributed by atoms with van der Waals surface area (Å²) in [4.78, 5) is 53.3. The fourth-order valence-electron chi connectivity index (χ4n) is 4.84. The number of rotatable bonds is 5. The zero-order chi connectivity index (χ0) is 24.0. The molecule has 0 saturated carbocycles. The van der Waals surface area contributed by atoms with E-state index < -0.39 is 29.3 Å². The van der Waals surface area contributed by atoms with Crippen LogP contribution in [0.15, 0.2) is 75.8 Å². The van der Waals surface area contributed by atoms with Gasteiger partial charge in [-0.1, -0.05) is 42.0 Å². The van der Waals surface area contributed by atoms with Gasteiger partial charge in [-0.3, -0.25) is 9.59 Å². The zero-order valence-corrected chi connectivity index (χ0v) is 18.8. The zero-order valence-electron chi connectivity index (χ0n) is 18.8. The topological polar surface area (TPSA) is 106 Å². The van der Waals surface area contributed by atoms with Gasteiger partial charge in [0.25, 0.3) is 0 Å². The van der Waals surface area contributed by atoms with Crippen molar-refractivity contribution in [2.24, 2.45) is 11.8 Å². The number of anilines is 1. The molecular weight excluding hydrogens is 436 g/mol. The van der Waals surface area contributed by atoms with Crippen LogP contribution in [0.1, 0.15) is 24.9 Å². The number of imide groups is 1. The van der Waals surface area contributed by atoms with Crippen molar-refractivity contribution < 1.29 is 14.3 Å². The summed E-state index contributed by atoms with van der Waals surface area (Å²) in [5.41, 5.74) is 1.07. The number of carbonyl (C=O) groups excluding carboxylic acids is 2. The minimum atomic E-state index is -0.615. The first-order chi connectivity index (χ1) is 16.4. The van der Waals surface area contributed by atoms with Gasteiger partial charge in [0.15, 0.2) is 0 Å². The Labute approximate surface area is 194 Å². The normalized spacial score (nSPS) is 22.0. The molecule has 1 fully saturated rings. The summed E-state index contributed by atoms with van der Waals surface area (Å²) in [7, 11) is 1.54. The van der Waals surface area contributed by atoms with Gasteiger partial charge in [0.05, 0.1) is 37.2 Å². The molecule has 0 spiro atoms. The van der Waals surface area contributed by atoms with Crippen molar-refractivity contribution in [3.05, 3.63) is 92.8 Å². The number of amides is 2. The summed E-state index contributed by atoms with van der Waals surface area (Å²) in [6.07, 6.45) is 2.00. The van der Waals surface area contributed by atoms with Gasteiger partial charge in [-0.15, -0.1) is 0 Å². The van der Waals surface area contributed by atoms with Crippen LogP contribution in [-0.2, 0) is 16.1 Å². The van der Waals surface area contributed by atoms with E-state index in [1.54, 1.807) is 37.5 Å². The second kappa shape index (κ2) is 8.33. The Morgan fingerprint density at radius 2 is 1.68 bits per heavy atom. The third kappa shape index (κ3) is 3.49. The number of hydrogen-bond donors (Lipinski definition) is 1. The largest absolute Gasteiger partial charge is 0.497 e. The second-order valence-electron chi connectivity index (χ2n) is 8.65. The fraction of sp³-hybridized carbons (Fsp3) is 0.280. The quantitative estimate of drug-likeness (QED) is 0.464. The van der Waals surface area contributed by atoms with Gasteiger partial charge in [-0.25, -0.2) is 28.8 Å². The lowest BCUT2D eigenvalue weighted by atomic mass is 9.80. The molecule has 2 amide bonds. The van der Waals surface area contributed by atoms with Crippen LogP contribution < -0.4 is 21.0 Å². The van der Waals surface area contributed by atoms with Gasteiger partial charge in [-0.2, -0.15) is 0 Å². The van der Waals surface area contributed by atoms with Crippen LogP contribution in [0.5, 0.6) is 5.75 Å². The van der Waals surface area contributed by atoms with Crippen molar-refractivity contribution in [3.63, 3.8) is 0 Å². The number of nitrogens with one attached hydrogen (secondary N) is 1. The molecule has 2 aliphatic rings. The Balaban J connectivity index is 1.45. The van der Waals surface area contributed by atoms with Crippen LogP contribution >= 0.6 is 0 Å². The van der Waals surface area contributed by atoms with E-state index in [-0.39, 0.29) is 24.8 Å². The Kier molecular flexibility index (Phi) is 5.31. The van der Waals surface area contributed by atoms with Crippen LogP contribution in [0.2, 0.25) is 0 Å². The molecular formula is C25H24N4O5. The number of aromatic amines is 1. The lowest BCUT2D eigenvalue weighted by molar-refractivity contribution is -0.122. The third-order valence-corrected chi connectivity index (χ3v) is 6.65. The van der Waals surface area contributed by atoms with Gasteiger partial charge in [-0.05, 0) is 43.2 Å². The number of ether oxygens (including phenoxy) is 1. The average molecular weight is 460 g/mol. The predicted octanol–water partition coefficient (Wildman–Crippen LogP) is 2.09. The van der Waals surface area contributed by atoms with Gasteiger partial charge in [0.2, 0.25) is 11.8 Å². The van der Waals surface area contributed by atoms with Gasteiger partial charge in [0, 0.05) is 0 Å². The molecule has 3 aromatic rings. The number of fused-ring (bicyclic) bond motifs is 1. The lowest BCUT2D eigenvalue weighted by Gasteiger charge is -2.27. The highest BCUT2D eigenvalue weighted by atomic mass is 16.5. The minimum Gasteiger partial charge on any atom is -0.497 e. The predicted molar refractivity (Wildman–Crippen MR) is 125 cm³/mol. The Morgan fingerprint density at radius 3 is 2.35 bits per heavy atom. The first-order valence-corrected chi connectivity index (χ1v) is 11.0. The maximum Gasteiger partial charge on any atom is 0.347 e. The molecule has 34 heavy (non-hydrogen) atoms. The number of methoxy groups -OCH3 is 1. The van der Waals surface area contributed by atoms with E-state index >= 15 is 0 Å². The molecule has 9 heteroatoms. The Bertz CT molecular complexity index is 1400. The lowest BCUT2D eigenvalue weighted by Crippen LogP contribution is -2.35. The van der Waals surface area contributed by atoms with Crippen LogP contribution in [-0.4, -0.2) is 33.3 Å². The standard InChI is InChI=1S/C25H24N4O5/c1-15-12-19-20(23(31)28(22(19)30)17-8-10-18(34-2)11-9-17)13-21(15)29-25(33)27(24(32)26-29)14-16-6-4-3-5-7-16/h3-12,19-21H,13-14H2,1-2H3,(H,26,32). The molecule has 0 bridgehead atoms. The fourth-order valence-corrected chi connectivity index (χ4v) is 4.84. The monoisotopic (exact) mass is 460 g/mol. The summed E-state index contributed by atoms with van der Waals surface area (Å²) in [6.45, 7) is 1.96. The molecule has 1 aliphatic heterocycles. The first-order valence-electron chi connectivity index (χ1n) is 11.0. The van der Waals surface area contributed by atoms with Gasteiger partial charge < -0.3 is 4.74 Å². The number of aromatic nitrogens is 3. The number of nitrogens with zero attached hydrogens (tertiary/aromatic N) is 3. The maximum absolute atomic E-state index is 13.3.